The van der Waals surface area contributed by atoms with Crippen molar-refractivity contribution in [3.63, 3.8) is 0 Å². The van der Waals surface area contributed by atoms with Gasteiger partial charge in [-0.25, -0.2) is 8.42 Å². The van der Waals surface area contributed by atoms with E-state index in [0.717, 1.165) is 19.3 Å². The van der Waals surface area contributed by atoms with Crippen LogP contribution < -0.4 is 5.32 Å². The Morgan fingerprint density at radius 1 is 1.31 bits per heavy atom. The van der Waals surface area contributed by atoms with E-state index in [1.807, 2.05) is 6.92 Å². The van der Waals surface area contributed by atoms with Gasteiger partial charge in [0.05, 0.1) is 11.5 Å². The molecule has 0 aromatic carbocycles. The van der Waals surface area contributed by atoms with Crippen molar-refractivity contribution in [3.8, 4) is 0 Å². The highest BCUT2D eigenvalue weighted by Crippen LogP contribution is 2.01. The van der Waals surface area contributed by atoms with Crippen LogP contribution in [0.2, 0.25) is 0 Å². The number of rotatable bonds is 7. The van der Waals surface area contributed by atoms with E-state index in [0.29, 0.717) is 5.75 Å². The molecule has 1 N–H and O–H groups in total. The van der Waals surface area contributed by atoms with Crippen LogP contribution in [0.1, 0.15) is 33.1 Å². The molecule has 0 aromatic rings. The third-order valence-electron chi connectivity index (χ3n) is 2.06. The molecule has 0 saturated heterocycles. The fraction of sp³-hybridized carbons (Fsp3) is 1.00. The number of unbranched alkanes of at least 4 members (excludes halogenated alkanes) is 2. The molecule has 3 nitrogen and oxygen atoms in total. The first-order valence-corrected chi connectivity index (χ1v) is 6.71. The van der Waals surface area contributed by atoms with Crippen molar-refractivity contribution in [1.29, 1.82) is 0 Å². The highest BCUT2D eigenvalue weighted by atomic mass is 32.2. The highest BCUT2D eigenvalue weighted by Gasteiger charge is 2.13. The first-order chi connectivity index (χ1) is 6.02. The Hall–Kier alpha value is -0.0900. The van der Waals surface area contributed by atoms with E-state index in [9.17, 15) is 8.42 Å². The third-order valence-corrected chi connectivity index (χ3v) is 3.97. The topological polar surface area (TPSA) is 46.2 Å². The molecule has 0 bridgehead atoms. The summed E-state index contributed by atoms with van der Waals surface area (Å²) in [6, 6.07) is 0.0617. The minimum atomic E-state index is -2.83. The van der Waals surface area contributed by atoms with Crippen molar-refractivity contribution in [2.75, 3.05) is 18.6 Å². The van der Waals surface area contributed by atoms with Gasteiger partial charge in [-0.15, -0.1) is 0 Å². The van der Waals surface area contributed by atoms with Gasteiger partial charge in [0.1, 0.15) is 0 Å². The summed E-state index contributed by atoms with van der Waals surface area (Å²) < 4.78 is 22.9. The zero-order chi connectivity index (χ0) is 10.3. The number of sulfone groups is 1. The van der Waals surface area contributed by atoms with E-state index < -0.39 is 9.84 Å². The predicted octanol–water partition coefficient (Wildman–Crippen LogP) is 1.20. The second-order valence-electron chi connectivity index (χ2n) is 3.51. The monoisotopic (exact) mass is 207 g/mol. The SMILES string of the molecule is CCCCCS(=O)(=O)CC(C)NC. The van der Waals surface area contributed by atoms with Crippen LogP contribution in [0.25, 0.3) is 0 Å². The molecule has 0 rings (SSSR count). The lowest BCUT2D eigenvalue weighted by atomic mass is 10.3. The van der Waals surface area contributed by atoms with Crippen molar-refractivity contribution in [2.45, 2.75) is 39.2 Å². The molecule has 0 aliphatic heterocycles. The summed E-state index contributed by atoms with van der Waals surface area (Å²) in [5.41, 5.74) is 0. The van der Waals surface area contributed by atoms with Gasteiger partial charge in [0.25, 0.3) is 0 Å². The normalized spacial score (nSPS) is 14.4. The van der Waals surface area contributed by atoms with Crippen molar-refractivity contribution >= 4 is 9.84 Å². The summed E-state index contributed by atoms with van der Waals surface area (Å²) in [6.45, 7) is 3.96. The van der Waals surface area contributed by atoms with Crippen LogP contribution in [0.4, 0.5) is 0 Å². The van der Waals surface area contributed by atoms with E-state index in [1.165, 1.54) is 0 Å². The highest BCUT2D eigenvalue weighted by molar-refractivity contribution is 7.91. The fourth-order valence-corrected chi connectivity index (χ4v) is 2.86. The molecule has 1 atom stereocenters. The summed E-state index contributed by atoms with van der Waals surface area (Å²) in [4.78, 5) is 0. The van der Waals surface area contributed by atoms with Gasteiger partial charge < -0.3 is 5.32 Å². The Labute approximate surface area is 81.8 Å². The van der Waals surface area contributed by atoms with Crippen LogP contribution in [0.15, 0.2) is 0 Å². The van der Waals surface area contributed by atoms with Gasteiger partial charge in [-0.1, -0.05) is 19.8 Å². The maximum absolute atomic E-state index is 11.4. The molecule has 0 aliphatic rings. The van der Waals surface area contributed by atoms with Crippen LogP contribution >= 0.6 is 0 Å². The molecule has 0 fully saturated rings. The number of hydrogen-bond donors (Lipinski definition) is 1. The molecule has 0 aromatic heterocycles. The lowest BCUT2D eigenvalue weighted by Crippen LogP contribution is -2.31. The fourth-order valence-electron chi connectivity index (χ4n) is 1.12. The molecule has 0 heterocycles. The van der Waals surface area contributed by atoms with E-state index in [-0.39, 0.29) is 11.8 Å². The van der Waals surface area contributed by atoms with Gasteiger partial charge >= 0.3 is 0 Å². The average Bonchev–Trinajstić information content (AvgIpc) is 2.03. The minimum Gasteiger partial charge on any atom is -0.316 e. The van der Waals surface area contributed by atoms with Crippen molar-refractivity contribution in [3.05, 3.63) is 0 Å². The van der Waals surface area contributed by atoms with Gasteiger partial charge in [0, 0.05) is 6.04 Å². The molecule has 0 saturated carbocycles. The van der Waals surface area contributed by atoms with Crippen LogP contribution in [-0.4, -0.2) is 33.0 Å². The summed E-state index contributed by atoms with van der Waals surface area (Å²) >= 11 is 0. The zero-order valence-electron chi connectivity index (χ0n) is 8.84. The molecule has 13 heavy (non-hydrogen) atoms. The molecule has 0 aliphatic carbocycles. The van der Waals surface area contributed by atoms with Gasteiger partial charge in [-0.2, -0.15) is 0 Å². The summed E-state index contributed by atoms with van der Waals surface area (Å²) in [7, 11) is -1.04. The Bertz CT molecular complexity index is 212. The smallest absolute Gasteiger partial charge is 0.151 e. The Morgan fingerprint density at radius 3 is 2.38 bits per heavy atom. The number of nitrogens with one attached hydrogen (secondary N) is 1. The van der Waals surface area contributed by atoms with Crippen molar-refractivity contribution in [2.24, 2.45) is 0 Å². The van der Waals surface area contributed by atoms with E-state index in [2.05, 4.69) is 12.2 Å². The maximum atomic E-state index is 11.4. The first-order valence-electron chi connectivity index (χ1n) is 4.89. The van der Waals surface area contributed by atoms with E-state index >= 15 is 0 Å². The first kappa shape index (κ1) is 12.9. The molecule has 0 amide bonds. The van der Waals surface area contributed by atoms with Crippen LogP contribution in [0.5, 0.6) is 0 Å². The molecule has 0 radical (unpaired) electrons. The van der Waals surface area contributed by atoms with Gasteiger partial charge in [0.15, 0.2) is 9.84 Å². The van der Waals surface area contributed by atoms with E-state index in [1.54, 1.807) is 7.05 Å². The zero-order valence-corrected chi connectivity index (χ0v) is 9.65. The Morgan fingerprint density at radius 2 is 1.92 bits per heavy atom. The molecular weight excluding hydrogens is 186 g/mol. The van der Waals surface area contributed by atoms with Crippen LogP contribution in [-0.2, 0) is 9.84 Å². The molecule has 1 unspecified atom stereocenters. The molecule has 4 heteroatoms. The van der Waals surface area contributed by atoms with Crippen molar-refractivity contribution in [1.82, 2.24) is 5.32 Å². The minimum absolute atomic E-state index is 0.0617. The summed E-state index contributed by atoms with van der Waals surface area (Å²) in [5, 5.41) is 2.93. The van der Waals surface area contributed by atoms with Gasteiger partial charge in [0.2, 0.25) is 0 Å². The van der Waals surface area contributed by atoms with Crippen molar-refractivity contribution < 1.29 is 8.42 Å². The van der Waals surface area contributed by atoms with Gasteiger partial charge in [-0.3, -0.25) is 0 Å². The Kier molecular flexibility index (Phi) is 6.33. The third kappa shape index (κ3) is 7.02. The standard InChI is InChI=1S/C9H21NO2S/c1-4-5-6-7-13(11,12)8-9(2)10-3/h9-10H,4-8H2,1-3H3. The predicted molar refractivity (Wildman–Crippen MR) is 56.7 cm³/mol. The average molecular weight is 207 g/mol. The lowest BCUT2D eigenvalue weighted by Gasteiger charge is -2.10. The molecule has 0 spiro atoms. The number of hydrogen-bond acceptors (Lipinski definition) is 3. The van der Waals surface area contributed by atoms with Gasteiger partial charge in [-0.05, 0) is 20.4 Å². The maximum Gasteiger partial charge on any atom is 0.151 e. The molecular formula is C9H21NO2S. The second kappa shape index (κ2) is 6.38. The quantitative estimate of drug-likeness (QED) is 0.638. The van der Waals surface area contributed by atoms with Crippen LogP contribution in [0, 0.1) is 0 Å². The Balaban J connectivity index is 3.81. The second-order valence-corrected chi connectivity index (χ2v) is 5.74. The van der Waals surface area contributed by atoms with Crippen LogP contribution in [0.3, 0.4) is 0 Å². The lowest BCUT2D eigenvalue weighted by molar-refractivity contribution is 0.574. The summed E-state index contributed by atoms with van der Waals surface area (Å²) in [6.07, 6.45) is 2.87. The molecule has 80 valence electrons. The largest absolute Gasteiger partial charge is 0.316 e. The summed E-state index contributed by atoms with van der Waals surface area (Å²) in [5.74, 6) is 0.597. The van der Waals surface area contributed by atoms with E-state index in [4.69, 9.17) is 0 Å².